The first-order valence-electron chi connectivity index (χ1n) is 8.57. The van der Waals surface area contributed by atoms with Crippen LogP contribution in [0.5, 0.6) is 0 Å². The molecule has 1 heterocycles. The molecule has 0 aliphatic carbocycles. The van der Waals surface area contributed by atoms with Crippen LogP contribution < -0.4 is 0 Å². The number of benzene rings is 2. The van der Waals surface area contributed by atoms with Crippen LogP contribution >= 0.6 is 0 Å². The van der Waals surface area contributed by atoms with Gasteiger partial charge in [-0.25, -0.2) is 8.57 Å². The predicted molar refractivity (Wildman–Crippen MR) is 100 cm³/mol. The highest BCUT2D eigenvalue weighted by Gasteiger charge is 2.38. The number of hydrogen-bond donors (Lipinski definition) is 0. The molecule has 0 amide bonds. The van der Waals surface area contributed by atoms with Crippen molar-refractivity contribution in [1.29, 1.82) is 0 Å². The smallest absolute Gasteiger partial charge is 0.384 e. The van der Waals surface area contributed by atoms with E-state index < -0.39 is 21.8 Å². The molecule has 0 saturated carbocycles. The molecule has 3 rings (SSSR count). The van der Waals surface area contributed by atoms with Crippen LogP contribution in [-0.4, -0.2) is 33.8 Å². The largest absolute Gasteiger partial charge is 0.471 e. The third-order valence-corrected chi connectivity index (χ3v) is 6.29. The predicted octanol–water partition coefficient (Wildman–Crippen LogP) is 4.43. The lowest BCUT2D eigenvalue weighted by molar-refractivity contribution is -0.159. The number of hydrogen-bond acceptors (Lipinski definition) is 6. The average Bonchev–Trinajstić information content (AvgIpc) is 3.23. The summed E-state index contributed by atoms with van der Waals surface area (Å²) in [5.74, 6) is -1.30. The molecule has 0 fully saturated rings. The Bertz CT molecular complexity index is 1060. The number of methoxy groups -OCH3 is 1. The third-order valence-electron chi connectivity index (χ3n) is 4.01. The van der Waals surface area contributed by atoms with Gasteiger partial charge in [0.1, 0.15) is 0 Å². The first kappa shape index (κ1) is 21.0. The highest BCUT2D eigenvalue weighted by molar-refractivity contribution is 7.93. The van der Waals surface area contributed by atoms with Crippen molar-refractivity contribution in [1.82, 2.24) is 10.1 Å². The van der Waals surface area contributed by atoms with E-state index in [4.69, 9.17) is 4.74 Å². The number of aromatic nitrogens is 2. The SMILES string of the molecule is COCCS(=O)(=NCc1ccc(-c2noc(C(F)(F)F)n2)cc1)c1ccccc1. The normalized spacial score (nSPS) is 13.8. The molecule has 10 heteroatoms. The maximum Gasteiger partial charge on any atom is 0.471 e. The number of alkyl halides is 3. The van der Waals surface area contributed by atoms with E-state index in [1.54, 1.807) is 48.5 Å². The van der Waals surface area contributed by atoms with Crippen LogP contribution in [-0.2, 0) is 27.2 Å². The van der Waals surface area contributed by atoms with Crippen molar-refractivity contribution in [2.45, 2.75) is 17.6 Å². The molecule has 0 saturated heterocycles. The van der Waals surface area contributed by atoms with Crippen LogP contribution in [0.2, 0.25) is 0 Å². The zero-order valence-corrected chi connectivity index (χ0v) is 16.2. The van der Waals surface area contributed by atoms with Crippen molar-refractivity contribution >= 4 is 9.73 Å². The van der Waals surface area contributed by atoms with Crippen molar-refractivity contribution in [3.05, 3.63) is 66.1 Å². The van der Waals surface area contributed by atoms with Crippen molar-refractivity contribution in [3.8, 4) is 11.4 Å². The Balaban J connectivity index is 1.80. The Kier molecular flexibility index (Phi) is 6.33. The Morgan fingerprint density at radius 2 is 1.79 bits per heavy atom. The van der Waals surface area contributed by atoms with Crippen LogP contribution in [0.1, 0.15) is 11.5 Å². The van der Waals surface area contributed by atoms with Crippen LogP contribution in [0.25, 0.3) is 11.4 Å². The first-order chi connectivity index (χ1) is 13.8. The molecule has 0 bridgehead atoms. The molecular formula is C19H18F3N3O3S. The molecular weight excluding hydrogens is 407 g/mol. The molecule has 1 atom stereocenters. The van der Waals surface area contributed by atoms with Gasteiger partial charge in [0.15, 0.2) is 0 Å². The lowest BCUT2D eigenvalue weighted by Gasteiger charge is -2.10. The molecule has 0 radical (unpaired) electrons. The third kappa shape index (κ3) is 5.21. The minimum absolute atomic E-state index is 0.158. The van der Waals surface area contributed by atoms with Gasteiger partial charge in [0.25, 0.3) is 0 Å². The summed E-state index contributed by atoms with van der Waals surface area (Å²) < 4.78 is 64.8. The minimum Gasteiger partial charge on any atom is -0.384 e. The quantitative estimate of drug-likeness (QED) is 0.560. The molecule has 6 nitrogen and oxygen atoms in total. The van der Waals surface area contributed by atoms with E-state index in [1.807, 2.05) is 6.07 Å². The van der Waals surface area contributed by atoms with Gasteiger partial charge in [0, 0.05) is 17.6 Å². The summed E-state index contributed by atoms with van der Waals surface area (Å²) in [6, 6.07) is 15.4. The number of ether oxygens (including phenoxy) is 1. The standard InChI is InChI=1S/C19H18F3N3O3S/c1-27-11-12-29(26,16-5-3-2-4-6-16)23-13-14-7-9-15(10-8-14)17-24-18(28-25-17)19(20,21)22/h2-10H,11-13H2,1H3. The van der Waals surface area contributed by atoms with E-state index in [1.165, 1.54) is 7.11 Å². The van der Waals surface area contributed by atoms with Gasteiger partial charge >= 0.3 is 12.1 Å². The van der Waals surface area contributed by atoms with Crippen LogP contribution in [0.4, 0.5) is 13.2 Å². The van der Waals surface area contributed by atoms with Gasteiger partial charge in [-0.2, -0.15) is 18.2 Å². The fourth-order valence-corrected chi connectivity index (χ4v) is 4.33. The van der Waals surface area contributed by atoms with E-state index in [-0.39, 0.29) is 18.1 Å². The molecule has 1 aromatic heterocycles. The summed E-state index contributed by atoms with van der Waals surface area (Å²) in [6.07, 6.45) is -4.69. The second-order valence-corrected chi connectivity index (χ2v) is 8.47. The summed E-state index contributed by atoms with van der Waals surface area (Å²) in [4.78, 5) is 3.98. The molecule has 1 unspecified atom stereocenters. The summed E-state index contributed by atoms with van der Waals surface area (Å²) in [7, 11) is -1.13. The Labute approximate surface area is 165 Å². The lowest BCUT2D eigenvalue weighted by Crippen LogP contribution is -2.12. The van der Waals surface area contributed by atoms with Crippen LogP contribution in [0.3, 0.4) is 0 Å². The van der Waals surface area contributed by atoms with Gasteiger partial charge in [-0.3, -0.25) is 0 Å². The van der Waals surface area contributed by atoms with E-state index in [2.05, 4.69) is 19.0 Å². The Morgan fingerprint density at radius 1 is 1.10 bits per heavy atom. The zero-order chi connectivity index (χ0) is 20.9. The zero-order valence-electron chi connectivity index (χ0n) is 15.4. The maximum atomic E-state index is 13.3. The maximum absolute atomic E-state index is 13.3. The molecule has 2 aromatic carbocycles. The average molecular weight is 425 g/mol. The summed E-state index contributed by atoms with van der Waals surface area (Å²) in [5, 5.41) is 3.35. The van der Waals surface area contributed by atoms with Crippen molar-refractivity contribution < 1.29 is 26.6 Å². The topological polar surface area (TPSA) is 77.6 Å². The van der Waals surface area contributed by atoms with Gasteiger partial charge in [0.2, 0.25) is 5.82 Å². The molecule has 3 aromatic rings. The first-order valence-corrected chi connectivity index (χ1v) is 10.2. The number of halogens is 3. The van der Waals surface area contributed by atoms with Crippen molar-refractivity contribution in [2.24, 2.45) is 4.36 Å². The highest BCUT2D eigenvalue weighted by atomic mass is 32.2. The minimum atomic E-state index is -4.69. The fourth-order valence-electron chi connectivity index (χ4n) is 2.48. The lowest BCUT2D eigenvalue weighted by atomic mass is 10.1. The molecule has 29 heavy (non-hydrogen) atoms. The van der Waals surface area contributed by atoms with Crippen molar-refractivity contribution in [3.63, 3.8) is 0 Å². The van der Waals surface area contributed by atoms with E-state index in [0.717, 1.165) is 5.56 Å². The molecule has 0 spiro atoms. The summed E-state index contributed by atoms with van der Waals surface area (Å²) in [5.41, 5.74) is 1.12. The Hall–Kier alpha value is -2.72. The van der Waals surface area contributed by atoms with E-state index in [0.29, 0.717) is 17.1 Å². The van der Waals surface area contributed by atoms with Crippen LogP contribution in [0.15, 0.2) is 68.4 Å². The van der Waals surface area contributed by atoms with Gasteiger partial charge < -0.3 is 9.26 Å². The fraction of sp³-hybridized carbons (Fsp3) is 0.263. The second-order valence-electron chi connectivity index (χ2n) is 6.06. The number of rotatable bonds is 7. The summed E-state index contributed by atoms with van der Waals surface area (Å²) in [6.45, 7) is 0.479. The van der Waals surface area contributed by atoms with Gasteiger partial charge in [0.05, 0.1) is 28.6 Å². The van der Waals surface area contributed by atoms with Gasteiger partial charge in [-0.05, 0) is 17.7 Å². The van der Waals surface area contributed by atoms with Crippen LogP contribution in [0, 0.1) is 0 Å². The van der Waals surface area contributed by atoms with E-state index in [9.17, 15) is 17.4 Å². The molecule has 0 aliphatic heterocycles. The number of nitrogens with zero attached hydrogens (tertiary/aromatic N) is 3. The monoisotopic (exact) mass is 425 g/mol. The van der Waals surface area contributed by atoms with Crippen molar-refractivity contribution in [2.75, 3.05) is 19.5 Å². The molecule has 0 aliphatic rings. The van der Waals surface area contributed by atoms with Gasteiger partial charge in [-0.15, -0.1) is 0 Å². The summed E-state index contributed by atoms with van der Waals surface area (Å²) >= 11 is 0. The van der Waals surface area contributed by atoms with E-state index >= 15 is 0 Å². The molecule has 154 valence electrons. The highest BCUT2D eigenvalue weighted by Crippen LogP contribution is 2.29. The van der Waals surface area contributed by atoms with Gasteiger partial charge in [-0.1, -0.05) is 47.6 Å². The molecule has 0 N–H and O–H groups in total. The Morgan fingerprint density at radius 3 is 2.38 bits per heavy atom. The second kappa shape index (κ2) is 8.75.